The Morgan fingerprint density at radius 2 is 2.04 bits per heavy atom. The molecule has 0 bridgehead atoms. The van der Waals surface area contributed by atoms with Crippen molar-refractivity contribution in [2.24, 2.45) is 0 Å². The molecule has 0 atom stereocenters. The first-order valence-electron chi connectivity index (χ1n) is 7.35. The van der Waals surface area contributed by atoms with Gasteiger partial charge in [0.1, 0.15) is 5.82 Å². The van der Waals surface area contributed by atoms with Crippen LogP contribution in [0, 0.1) is 12.7 Å². The smallest absolute Gasteiger partial charge is 0.229 e. The van der Waals surface area contributed by atoms with Gasteiger partial charge in [0.05, 0.1) is 14.7 Å². The van der Waals surface area contributed by atoms with Crippen LogP contribution < -0.4 is 10.6 Å². The number of hydrogen-bond donors (Lipinski definition) is 3. The lowest BCUT2D eigenvalue weighted by Crippen LogP contribution is -2.01. The van der Waals surface area contributed by atoms with Crippen LogP contribution in [-0.2, 0) is 0 Å². The monoisotopic (exact) mass is 418 g/mol. The van der Waals surface area contributed by atoms with E-state index in [1.54, 1.807) is 12.1 Å². The Morgan fingerprint density at radius 1 is 1.16 bits per heavy atom. The summed E-state index contributed by atoms with van der Waals surface area (Å²) in [5.41, 5.74) is 2.31. The molecule has 126 valence electrons. The Bertz CT molecular complexity index is 1060. The van der Waals surface area contributed by atoms with Crippen LogP contribution in [0.4, 0.5) is 27.7 Å². The van der Waals surface area contributed by atoms with Crippen LogP contribution in [0.1, 0.15) is 5.69 Å². The van der Waals surface area contributed by atoms with Gasteiger partial charge in [-0.05, 0) is 52.5 Å². The van der Waals surface area contributed by atoms with Gasteiger partial charge in [0.25, 0.3) is 0 Å². The number of aryl methyl sites for hydroxylation is 1. The van der Waals surface area contributed by atoms with Gasteiger partial charge in [-0.2, -0.15) is 10.1 Å². The molecule has 3 aromatic heterocycles. The summed E-state index contributed by atoms with van der Waals surface area (Å²) in [6, 6.07) is 8.56. The number of fused-ring (bicyclic) bond motifs is 1. The van der Waals surface area contributed by atoms with E-state index in [0.29, 0.717) is 27.7 Å². The number of thiophene rings is 1. The molecule has 3 N–H and O–H groups in total. The van der Waals surface area contributed by atoms with Crippen molar-refractivity contribution in [2.45, 2.75) is 6.92 Å². The van der Waals surface area contributed by atoms with Crippen LogP contribution in [0.15, 0.2) is 40.2 Å². The summed E-state index contributed by atoms with van der Waals surface area (Å²) in [4.78, 5) is 8.99. The average Bonchev–Trinajstić information content (AvgIpc) is 3.20. The van der Waals surface area contributed by atoms with Crippen molar-refractivity contribution in [1.82, 2.24) is 20.2 Å². The zero-order chi connectivity index (χ0) is 17.4. The van der Waals surface area contributed by atoms with E-state index in [1.165, 1.54) is 17.4 Å². The minimum absolute atomic E-state index is 0.355. The second-order valence-corrected chi connectivity index (χ2v) is 7.12. The van der Waals surface area contributed by atoms with Gasteiger partial charge in [0.2, 0.25) is 5.95 Å². The van der Waals surface area contributed by atoms with Gasteiger partial charge in [0, 0.05) is 17.4 Å². The lowest BCUT2D eigenvalue weighted by molar-refractivity contribution is 0.622. The van der Waals surface area contributed by atoms with Crippen LogP contribution >= 0.6 is 27.3 Å². The van der Waals surface area contributed by atoms with Crippen molar-refractivity contribution >= 4 is 60.8 Å². The lowest BCUT2D eigenvalue weighted by atomic mass is 10.3. The van der Waals surface area contributed by atoms with E-state index in [0.717, 1.165) is 15.9 Å². The molecule has 6 nitrogen and oxygen atoms in total. The largest absolute Gasteiger partial charge is 0.324 e. The number of hydrogen-bond acceptors (Lipinski definition) is 6. The zero-order valence-electron chi connectivity index (χ0n) is 13.0. The molecule has 0 amide bonds. The van der Waals surface area contributed by atoms with Crippen molar-refractivity contribution in [3.05, 3.63) is 51.7 Å². The molecule has 0 fully saturated rings. The van der Waals surface area contributed by atoms with Crippen LogP contribution in [0.5, 0.6) is 0 Å². The number of halogens is 2. The van der Waals surface area contributed by atoms with Crippen molar-refractivity contribution < 1.29 is 4.39 Å². The number of aromatic amines is 1. The highest BCUT2D eigenvalue weighted by molar-refractivity contribution is 9.10. The van der Waals surface area contributed by atoms with Gasteiger partial charge in [-0.25, -0.2) is 9.37 Å². The molecule has 1 aromatic carbocycles. The molecule has 0 aliphatic rings. The molecule has 3 heterocycles. The number of aromatic nitrogens is 4. The summed E-state index contributed by atoms with van der Waals surface area (Å²) in [5.74, 6) is 1.34. The molecular formula is C16H12BrFN6S. The van der Waals surface area contributed by atoms with E-state index in [9.17, 15) is 4.39 Å². The summed E-state index contributed by atoms with van der Waals surface area (Å²) >= 11 is 4.68. The van der Waals surface area contributed by atoms with Crippen molar-refractivity contribution in [1.29, 1.82) is 0 Å². The maximum atomic E-state index is 13.7. The molecule has 4 aromatic rings. The van der Waals surface area contributed by atoms with Gasteiger partial charge < -0.3 is 10.6 Å². The summed E-state index contributed by atoms with van der Waals surface area (Å²) in [7, 11) is 0. The molecule has 9 heteroatoms. The van der Waals surface area contributed by atoms with Crippen molar-refractivity contribution in [2.75, 3.05) is 10.6 Å². The second-order valence-electron chi connectivity index (χ2n) is 5.35. The number of rotatable bonds is 4. The molecule has 0 saturated carbocycles. The number of H-pyrrole nitrogens is 1. The molecule has 0 radical (unpaired) electrons. The third-order valence-electron chi connectivity index (χ3n) is 3.43. The Hall–Kier alpha value is -2.52. The molecule has 0 aliphatic carbocycles. The molecule has 0 saturated heterocycles. The Labute approximate surface area is 154 Å². The average molecular weight is 419 g/mol. The van der Waals surface area contributed by atoms with E-state index in [2.05, 4.69) is 46.7 Å². The molecule has 25 heavy (non-hydrogen) atoms. The minimum Gasteiger partial charge on any atom is -0.324 e. The maximum absolute atomic E-state index is 13.7. The molecule has 0 unspecified atom stereocenters. The summed E-state index contributed by atoms with van der Waals surface area (Å²) < 4.78 is 15.0. The molecule has 0 spiro atoms. The minimum atomic E-state index is -0.355. The SMILES string of the molecule is Cc1cc(Nc2nc(Nc3ccc(Br)c(F)c3)nc3ccsc23)n[nH]1. The molecule has 0 aliphatic heterocycles. The van der Waals surface area contributed by atoms with E-state index in [4.69, 9.17) is 0 Å². The Morgan fingerprint density at radius 3 is 2.80 bits per heavy atom. The molecular weight excluding hydrogens is 407 g/mol. The van der Waals surface area contributed by atoms with E-state index in [1.807, 2.05) is 24.4 Å². The third kappa shape index (κ3) is 3.33. The number of nitrogens with one attached hydrogen (secondary N) is 3. The Balaban J connectivity index is 1.70. The van der Waals surface area contributed by atoms with Crippen LogP contribution in [0.25, 0.3) is 10.2 Å². The highest BCUT2D eigenvalue weighted by Gasteiger charge is 2.11. The summed E-state index contributed by atoms with van der Waals surface area (Å²) in [5, 5.41) is 15.2. The van der Waals surface area contributed by atoms with Gasteiger partial charge in [0.15, 0.2) is 11.6 Å². The second kappa shape index (κ2) is 6.41. The Kier molecular flexibility index (Phi) is 4.10. The quantitative estimate of drug-likeness (QED) is 0.429. The zero-order valence-corrected chi connectivity index (χ0v) is 15.4. The van der Waals surface area contributed by atoms with E-state index in [-0.39, 0.29) is 5.82 Å². The summed E-state index contributed by atoms with van der Waals surface area (Å²) in [6.07, 6.45) is 0. The van der Waals surface area contributed by atoms with Gasteiger partial charge in [-0.1, -0.05) is 0 Å². The third-order valence-corrected chi connectivity index (χ3v) is 4.99. The number of benzene rings is 1. The maximum Gasteiger partial charge on any atom is 0.229 e. The predicted octanol–water partition coefficient (Wildman–Crippen LogP) is 5.11. The van der Waals surface area contributed by atoms with Crippen LogP contribution in [-0.4, -0.2) is 20.2 Å². The normalized spacial score (nSPS) is 11.0. The van der Waals surface area contributed by atoms with Gasteiger partial charge in [-0.3, -0.25) is 5.10 Å². The van der Waals surface area contributed by atoms with Gasteiger partial charge in [-0.15, -0.1) is 11.3 Å². The highest BCUT2D eigenvalue weighted by Crippen LogP contribution is 2.30. The topological polar surface area (TPSA) is 78.5 Å². The lowest BCUT2D eigenvalue weighted by Gasteiger charge is -2.09. The van der Waals surface area contributed by atoms with Crippen molar-refractivity contribution in [3.8, 4) is 0 Å². The molecule has 4 rings (SSSR count). The first kappa shape index (κ1) is 16.0. The first-order valence-corrected chi connectivity index (χ1v) is 9.02. The number of anilines is 4. The summed E-state index contributed by atoms with van der Waals surface area (Å²) in [6.45, 7) is 1.92. The fraction of sp³-hybridized carbons (Fsp3) is 0.0625. The standard InChI is InChI=1S/C16H12BrFN6S/c1-8-6-13(24-23-8)21-15-14-12(4-5-25-14)20-16(22-15)19-9-2-3-10(17)11(18)7-9/h2-7H,1H3,(H3,19,20,21,22,23,24). The van der Waals surface area contributed by atoms with Gasteiger partial charge >= 0.3 is 0 Å². The van der Waals surface area contributed by atoms with E-state index >= 15 is 0 Å². The van der Waals surface area contributed by atoms with Crippen LogP contribution in [0.3, 0.4) is 0 Å². The fourth-order valence-electron chi connectivity index (χ4n) is 2.31. The van der Waals surface area contributed by atoms with Crippen molar-refractivity contribution in [3.63, 3.8) is 0 Å². The predicted molar refractivity (Wildman–Crippen MR) is 101 cm³/mol. The first-order chi connectivity index (χ1) is 12.1. The number of nitrogens with zero attached hydrogens (tertiary/aromatic N) is 3. The highest BCUT2D eigenvalue weighted by atomic mass is 79.9. The van der Waals surface area contributed by atoms with E-state index < -0.39 is 0 Å². The fourth-order valence-corrected chi connectivity index (χ4v) is 3.33. The van der Waals surface area contributed by atoms with Crippen LogP contribution in [0.2, 0.25) is 0 Å².